The third kappa shape index (κ3) is 2.71. The molecule has 4 heteroatoms. The molecule has 2 aromatic rings. The Hall–Kier alpha value is -1.81. The molecule has 96 valence electrons. The molecule has 1 aromatic heterocycles. The van der Waals surface area contributed by atoms with Crippen LogP contribution in [0.3, 0.4) is 0 Å². The van der Waals surface area contributed by atoms with Gasteiger partial charge in [-0.25, -0.2) is 0 Å². The summed E-state index contributed by atoms with van der Waals surface area (Å²) in [7, 11) is 0. The highest BCUT2D eigenvalue weighted by Crippen LogP contribution is 2.26. The zero-order chi connectivity index (χ0) is 13.1. The van der Waals surface area contributed by atoms with Crippen LogP contribution in [0, 0.1) is 5.92 Å². The summed E-state index contributed by atoms with van der Waals surface area (Å²) in [6.07, 6.45) is 1.84. The fourth-order valence-electron chi connectivity index (χ4n) is 2.06. The molecule has 0 aliphatic heterocycles. The molecule has 2 rings (SSSR count). The number of nitrogens with one attached hydrogen (secondary N) is 1. The minimum atomic E-state index is -0.726. The quantitative estimate of drug-likeness (QED) is 0.773. The molecular weight excluding hydrogens is 226 g/mol. The molecule has 0 spiro atoms. The third-order valence-electron chi connectivity index (χ3n) is 2.90. The van der Waals surface area contributed by atoms with E-state index in [2.05, 4.69) is 30.1 Å². The zero-order valence-corrected chi connectivity index (χ0v) is 10.7. The molecular formula is C14H19N3O. The van der Waals surface area contributed by atoms with Crippen LogP contribution in [0.15, 0.2) is 30.5 Å². The summed E-state index contributed by atoms with van der Waals surface area (Å²) in [5, 5.41) is 16.7. The van der Waals surface area contributed by atoms with E-state index < -0.39 is 6.10 Å². The second-order valence-corrected chi connectivity index (χ2v) is 4.98. The number of nitrogens with zero attached hydrogens (tertiary/aromatic N) is 1. The van der Waals surface area contributed by atoms with Gasteiger partial charge >= 0.3 is 0 Å². The van der Waals surface area contributed by atoms with Gasteiger partial charge in [0.1, 0.15) is 11.9 Å². The van der Waals surface area contributed by atoms with Gasteiger partial charge in [0.15, 0.2) is 0 Å². The van der Waals surface area contributed by atoms with Crippen molar-refractivity contribution in [1.29, 1.82) is 0 Å². The van der Waals surface area contributed by atoms with Crippen molar-refractivity contribution in [2.24, 2.45) is 5.92 Å². The number of aliphatic hydroxyl groups excluding tert-OH is 1. The molecule has 1 atom stereocenters. The lowest BCUT2D eigenvalue weighted by molar-refractivity contribution is 0.221. The molecule has 1 heterocycles. The van der Waals surface area contributed by atoms with Gasteiger partial charge in [0.2, 0.25) is 0 Å². The number of nitrogens with two attached hydrogens (primary N) is 1. The van der Waals surface area contributed by atoms with Crippen molar-refractivity contribution in [3.8, 4) is 0 Å². The second kappa shape index (κ2) is 5.23. The number of rotatable bonds is 4. The van der Waals surface area contributed by atoms with E-state index in [1.165, 1.54) is 5.56 Å². The molecule has 0 aliphatic carbocycles. The van der Waals surface area contributed by atoms with Crippen LogP contribution in [0.5, 0.6) is 0 Å². The predicted molar refractivity (Wildman–Crippen MR) is 72.0 cm³/mol. The Kier molecular flexibility index (Phi) is 3.67. The van der Waals surface area contributed by atoms with Gasteiger partial charge in [-0.15, -0.1) is 0 Å². The minimum absolute atomic E-state index is 0.414. The van der Waals surface area contributed by atoms with Crippen LogP contribution >= 0.6 is 0 Å². The lowest BCUT2D eigenvalue weighted by atomic mass is 9.97. The van der Waals surface area contributed by atoms with Crippen LogP contribution in [0.1, 0.15) is 36.6 Å². The molecule has 0 fully saturated rings. The number of H-pyrrole nitrogens is 1. The zero-order valence-electron chi connectivity index (χ0n) is 10.7. The summed E-state index contributed by atoms with van der Waals surface area (Å²) in [6.45, 7) is 4.36. The van der Waals surface area contributed by atoms with E-state index in [9.17, 15) is 5.11 Å². The summed E-state index contributed by atoms with van der Waals surface area (Å²) in [5.41, 5.74) is 8.42. The van der Waals surface area contributed by atoms with E-state index in [-0.39, 0.29) is 0 Å². The van der Waals surface area contributed by atoms with Gasteiger partial charge < -0.3 is 10.8 Å². The number of aliphatic hydroxyl groups is 1. The number of aromatic nitrogens is 2. The summed E-state index contributed by atoms with van der Waals surface area (Å²) in [6, 6.07) is 7.97. The number of anilines is 1. The van der Waals surface area contributed by atoms with Crippen LogP contribution in [0.25, 0.3) is 0 Å². The Morgan fingerprint density at radius 1 is 1.39 bits per heavy atom. The lowest BCUT2D eigenvalue weighted by Gasteiger charge is -2.12. The van der Waals surface area contributed by atoms with E-state index in [0.29, 0.717) is 17.3 Å². The summed E-state index contributed by atoms with van der Waals surface area (Å²) < 4.78 is 0. The van der Waals surface area contributed by atoms with Gasteiger partial charge in [-0.1, -0.05) is 38.1 Å². The van der Waals surface area contributed by atoms with E-state index in [0.717, 1.165) is 12.0 Å². The normalized spacial score (nSPS) is 12.9. The number of benzene rings is 1. The maximum absolute atomic E-state index is 10.3. The van der Waals surface area contributed by atoms with Gasteiger partial charge in [0.05, 0.1) is 6.20 Å². The largest absolute Gasteiger partial charge is 0.384 e. The molecule has 4 N–H and O–H groups in total. The lowest BCUT2D eigenvalue weighted by Crippen LogP contribution is -2.03. The van der Waals surface area contributed by atoms with Gasteiger partial charge in [0.25, 0.3) is 0 Å². The Balaban J connectivity index is 2.25. The number of hydrogen-bond donors (Lipinski definition) is 3. The Labute approximate surface area is 107 Å². The van der Waals surface area contributed by atoms with E-state index in [1.807, 2.05) is 18.2 Å². The molecule has 0 radical (unpaired) electrons. The number of hydrogen-bond acceptors (Lipinski definition) is 3. The van der Waals surface area contributed by atoms with Crippen LogP contribution < -0.4 is 5.73 Å². The van der Waals surface area contributed by atoms with E-state index >= 15 is 0 Å². The predicted octanol–water partition coefficient (Wildman–Crippen LogP) is 2.27. The maximum atomic E-state index is 10.3. The van der Waals surface area contributed by atoms with Gasteiger partial charge in [-0.2, -0.15) is 5.10 Å². The van der Waals surface area contributed by atoms with Crippen LogP contribution in [0.2, 0.25) is 0 Å². The highest BCUT2D eigenvalue weighted by atomic mass is 16.3. The SMILES string of the molecule is CC(C)Cc1cccc(C(O)c2cn[nH]c2N)c1. The van der Waals surface area contributed by atoms with Crippen molar-refractivity contribution >= 4 is 5.82 Å². The minimum Gasteiger partial charge on any atom is -0.384 e. The monoisotopic (exact) mass is 245 g/mol. The second-order valence-electron chi connectivity index (χ2n) is 4.98. The van der Waals surface area contributed by atoms with Gasteiger partial charge in [0, 0.05) is 5.56 Å². The van der Waals surface area contributed by atoms with Gasteiger partial charge in [-0.3, -0.25) is 5.10 Å². The first kappa shape index (κ1) is 12.6. The molecule has 0 saturated heterocycles. The Morgan fingerprint density at radius 2 is 2.17 bits per heavy atom. The van der Waals surface area contributed by atoms with Crippen LogP contribution in [-0.2, 0) is 6.42 Å². The Morgan fingerprint density at radius 3 is 2.78 bits per heavy atom. The molecule has 18 heavy (non-hydrogen) atoms. The third-order valence-corrected chi connectivity index (χ3v) is 2.90. The highest BCUT2D eigenvalue weighted by Gasteiger charge is 2.15. The van der Waals surface area contributed by atoms with E-state index in [1.54, 1.807) is 6.20 Å². The first-order valence-corrected chi connectivity index (χ1v) is 6.13. The fourth-order valence-corrected chi connectivity index (χ4v) is 2.06. The molecule has 1 aromatic carbocycles. The van der Waals surface area contributed by atoms with Crippen molar-refractivity contribution in [2.45, 2.75) is 26.4 Å². The highest BCUT2D eigenvalue weighted by molar-refractivity contribution is 5.43. The Bertz CT molecular complexity index is 519. The van der Waals surface area contributed by atoms with Crippen molar-refractivity contribution in [1.82, 2.24) is 10.2 Å². The van der Waals surface area contributed by atoms with Crippen molar-refractivity contribution in [3.63, 3.8) is 0 Å². The number of aromatic amines is 1. The maximum Gasteiger partial charge on any atom is 0.125 e. The first-order chi connectivity index (χ1) is 8.58. The topological polar surface area (TPSA) is 74.9 Å². The van der Waals surface area contributed by atoms with Crippen molar-refractivity contribution in [2.75, 3.05) is 5.73 Å². The van der Waals surface area contributed by atoms with Crippen LogP contribution in [0.4, 0.5) is 5.82 Å². The summed E-state index contributed by atoms with van der Waals surface area (Å²) in [4.78, 5) is 0. The molecule has 0 bridgehead atoms. The van der Waals surface area contributed by atoms with E-state index in [4.69, 9.17) is 5.73 Å². The fraction of sp³-hybridized carbons (Fsp3) is 0.357. The number of nitrogen functional groups attached to an aromatic ring is 1. The average Bonchev–Trinajstić information content (AvgIpc) is 2.74. The smallest absolute Gasteiger partial charge is 0.125 e. The summed E-state index contributed by atoms with van der Waals surface area (Å²) >= 11 is 0. The molecule has 0 amide bonds. The van der Waals surface area contributed by atoms with Crippen molar-refractivity contribution in [3.05, 3.63) is 47.2 Å². The molecule has 0 saturated carbocycles. The average molecular weight is 245 g/mol. The molecule has 1 unspecified atom stereocenters. The molecule has 4 nitrogen and oxygen atoms in total. The standard InChI is InChI=1S/C14H19N3O/c1-9(2)6-10-4-3-5-11(7-10)13(18)12-8-16-17-14(12)15/h3-5,7-9,13,18H,6H2,1-2H3,(H3,15,16,17). The molecule has 0 aliphatic rings. The van der Waals surface area contributed by atoms with Crippen LogP contribution in [-0.4, -0.2) is 15.3 Å². The summed E-state index contributed by atoms with van der Waals surface area (Å²) in [5.74, 6) is 1.01. The van der Waals surface area contributed by atoms with Crippen molar-refractivity contribution < 1.29 is 5.11 Å². The first-order valence-electron chi connectivity index (χ1n) is 6.13. The van der Waals surface area contributed by atoms with Gasteiger partial charge in [-0.05, 0) is 23.5 Å².